The number of anilines is 1. The van der Waals surface area contributed by atoms with Crippen LogP contribution in [-0.2, 0) is 32.7 Å². The zero-order valence-corrected chi connectivity index (χ0v) is 25.3. The Morgan fingerprint density at radius 2 is 1.83 bits per heavy atom. The lowest BCUT2D eigenvalue weighted by atomic mass is 10.0. The summed E-state index contributed by atoms with van der Waals surface area (Å²) in [7, 11) is 3.32. The number of ether oxygens (including phenoxy) is 3. The fraction of sp³-hybridized carbons (Fsp3) is 0.345. The average Bonchev–Trinajstić information content (AvgIpc) is 3.53. The van der Waals surface area contributed by atoms with Crippen LogP contribution in [0.5, 0.6) is 5.75 Å². The van der Waals surface area contributed by atoms with E-state index in [0.29, 0.717) is 50.1 Å². The zero-order valence-electron chi connectivity index (χ0n) is 23.1. The molecule has 2 aliphatic heterocycles. The van der Waals surface area contributed by atoms with E-state index in [1.165, 1.54) is 9.58 Å². The first kappa shape index (κ1) is 27.8. The van der Waals surface area contributed by atoms with Crippen LogP contribution >= 0.6 is 20.7 Å². The first-order chi connectivity index (χ1) is 20.1. The van der Waals surface area contributed by atoms with Crippen molar-refractivity contribution < 1.29 is 28.6 Å². The van der Waals surface area contributed by atoms with Gasteiger partial charge in [-0.3, -0.25) is 9.48 Å². The lowest BCUT2D eigenvalue weighted by Gasteiger charge is -2.32. The summed E-state index contributed by atoms with van der Waals surface area (Å²) in [5.74, 6) is -2.26. The third-order valence-electron chi connectivity index (χ3n) is 7.60. The quantitative estimate of drug-likeness (QED) is 0.298. The standard InChI is InChI=1S/C29H27IN6O6/c1-15-19-11-17(30-24-27(38)41-29(42-28(24)39)8-4-5-9-29)6-7-18(19)26(37)35(2)14-20-23(21(12-31)36(3)34-20)16-10-22(40-15)25(32)33-13-16/h6-7,10-11,13,15H,4-5,8-9,14H2,1-3H3,(H2,32,33)/t15-/m1/s1. The number of amides is 1. The molecule has 4 heterocycles. The summed E-state index contributed by atoms with van der Waals surface area (Å²) in [5, 5.41) is 14.3. The number of nitrogens with two attached hydrogens (primary N) is 1. The van der Waals surface area contributed by atoms with Crippen LogP contribution in [0.25, 0.3) is 11.1 Å². The molecular formula is C29H27IN6O6. The molecule has 12 nitrogen and oxygen atoms in total. The third-order valence-corrected chi connectivity index (χ3v) is 10.3. The number of nitrogen functional groups attached to an aromatic ring is 1. The summed E-state index contributed by atoms with van der Waals surface area (Å²) < 4.78 is 19.7. The SMILES string of the molecule is C[C@H]1Oc2cc(cnc2N)-c2c(nn(C)c2C#N)CN(C)C(=O)c2ccc(I=C3C(=O)OC4(CCCC4)OC3=O)cc21. The predicted molar refractivity (Wildman–Crippen MR) is 158 cm³/mol. The molecule has 0 unspecified atom stereocenters. The Kier molecular flexibility index (Phi) is 6.96. The molecule has 1 saturated heterocycles. The molecule has 3 aromatic rings. The fourth-order valence-electron chi connectivity index (χ4n) is 5.52. The van der Waals surface area contributed by atoms with E-state index in [1.54, 1.807) is 51.5 Å². The molecule has 1 aromatic carbocycles. The van der Waals surface area contributed by atoms with Crippen molar-refractivity contribution in [2.75, 3.05) is 12.8 Å². The number of hydrogen-bond donors (Lipinski definition) is 1. The summed E-state index contributed by atoms with van der Waals surface area (Å²) in [6.07, 6.45) is 3.57. The predicted octanol–water partition coefficient (Wildman–Crippen LogP) is 3.34. The number of carbonyl (C=O) groups excluding carboxylic acids is 3. The maximum atomic E-state index is 13.8. The van der Waals surface area contributed by atoms with Crippen molar-refractivity contribution in [3.05, 3.63) is 56.5 Å². The van der Waals surface area contributed by atoms with Crippen LogP contribution in [0.3, 0.4) is 0 Å². The van der Waals surface area contributed by atoms with Crippen LogP contribution in [0, 0.1) is 14.9 Å². The van der Waals surface area contributed by atoms with Crippen molar-refractivity contribution in [2.45, 2.75) is 51.0 Å². The minimum absolute atomic E-state index is 0.00793. The number of benzene rings is 1. The molecule has 3 aliphatic rings. The Morgan fingerprint density at radius 1 is 1.12 bits per heavy atom. The van der Waals surface area contributed by atoms with E-state index in [9.17, 15) is 19.6 Å². The van der Waals surface area contributed by atoms with Crippen molar-refractivity contribution >= 4 is 47.9 Å². The highest BCUT2D eigenvalue weighted by Gasteiger charge is 2.48. The molecule has 2 fully saturated rings. The number of halogens is 1. The van der Waals surface area contributed by atoms with Crippen LogP contribution in [-0.4, -0.2) is 53.9 Å². The molecule has 1 aliphatic carbocycles. The van der Waals surface area contributed by atoms with Crippen LogP contribution in [0.4, 0.5) is 5.82 Å². The maximum Gasteiger partial charge on any atom is 0.354 e. The lowest BCUT2D eigenvalue weighted by molar-refractivity contribution is -0.224. The summed E-state index contributed by atoms with van der Waals surface area (Å²) in [6, 6.07) is 9.09. The van der Waals surface area contributed by atoms with E-state index in [1.807, 2.05) is 0 Å². The van der Waals surface area contributed by atoms with Gasteiger partial charge < -0.3 is 24.8 Å². The topological polar surface area (TPSA) is 163 Å². The average molecular weight is 682 g/mol. The molecule has 1 saturated carbocycles. The van der Waals surface area contributed by atoms with Crippen LogP contribution < -0.4 is 10.5 Å². The second-order valence-corrected chi connectivity index (χ2v) is 13.3. The van der Waals surface area contributed by atoms with E-state index in [2.05, 4.69) is 16.2 Å². The summed E-state index contributed by atoms with van der Waals surface area (Å²) >= 11 is -1.29. The molecule has 42 heavy (non-hydrogen) atoms. The van der Waals surface area contributed by atoms with Crippen molar-refractivity contribution in [2.24, 2.45) is 7.05 Å². The highest BCUT2D eigenvalue weighted by atomic mass is 127. The van der Waals surface area contributed by atoms with Crippen LogP contribution in [0.15, 0.2) is 30.5 Å². The number of nitriles is 1. The first-order valence-corrected chi connectivity index (χ1v) is 15.5. The fourth-order valence-corrected chi connectivity index (χ4v) is 7.66. The van der Waals surface area contributed by atoms with Crippen molar-refractivity contribution in [1.82, 2.24) is 19.7 Å². The van der Waals surface area contributed by atoms with Crippen LogP contribution in [0.2, 0.25) is 0 Å². The highest BCUT2D eigenvalue weighted by molar-refractivity contribution is 14.2. The summed E-state index contributed by atoms with van der Waals surface area (Å²) in [4.78, 5) is 45.4. The maximum absolute atomic E-state index is 13.8. The number of rotatable bonds is 1. The number of pyridine rings is 1. The lowest BCUT2D eigenvalue weighted by Crippen LogP contribution is -2.48. The van der Waals surface area contributed by atoms with E-state index >= 15 is 0 Å². The molecule has 216 valence electrons. The van der Waals surface area contributed by atoms with Gasteiger partial charge in [-0.05, 0) is 44.0 Å². The zero-order chi connectivity index (χ0) is 29.8. The largest absolute Gasteiger partial charge is 0.482 e. The summed E-state index contributed by atoms with van der Waals surface area (Å²) in [5.41, 5.74) is 9.08. The molecule has 6 rings (SSSR count). The molecule has 2 aromatic heterocycles. The van der Waals surface area contributed by atoms with Crippen molar-refractivity contribution in [3.8, 4) is 22.9 Å². The van der Waals surface area contributed by atoms with Gasteiger partial charge in [-0.15, -0.1) is 0 Å². The van der Waals surface area contributed by atoms with Gasteiger partial charge in [0.15, 0.2) is 15.1 Å². The van der Waals surface area contributed by atoms with Gasteiger partial charge in [-0.25, -0.2) is 14.6 Å². The number of hydrogen-bond acceptors (Lipinski definition) is 10. The number of carbonyl (C=O) groups is 3. The van der Waals surface area contributed by atoms with Gasteiger partial charge in [-0.1, -0.05) is 20.7 Å². The second kappa shape index (κ2) is 10.5. The van der Waals surface area contributed by atoms with Gasteiger partial charge in [0, 0.05) is 59.0 Å². The second-order valence-electron chi connectivity index (χ2n) is 10.5. The molecule has 1 spiro atoms. The molecule has 1 atom stereocenters. The number of esters is 2. The molecular weight excluding hydrogens is 655 g/mol. The Balaban J connectivity index is 1.42. The summed E-state index contributed by atoms with van der Waals surface area (Å²) in [6.45, 7) is 1.91. The highest BCUT2D eigenvalue weighted by Crippen LogP contribution is 2.39. The minimum atomic E-state index is -1.29. The van der Waals surface area contributed by atoms with Crippen LogP contribution in [0.1, 0.15) is 66.0 Å². The van der Waals surface area contributed by atoms with E-state index in [4.69, 9.17) is 19.9 Å². The van der Waals surface area contributed by atoms with E-state index in [-0.39, 0.29) is 27.5 Å². The van der Waals surface area contributed by atoms with Gasteiger partial charge in [0.1, 0.15) is 17.9 Å². The number of aryl methyl sites for hydroxylation is 1. The molecule has 2 bridgehead atoms. The molecule has 1 amide bonds. The molecule has 13 heteroatoms. The Bertz CT molecular complexity index is 1710. The minimum Gasteiger partial charge on any atom is -0.482 e. The van der Waals surface area contributed by atoms with Crippen molar-refractivity contribution in [3.63, 3.8) is 0 Å². The van der Waals surface area contributed by atoms with E-state index in [0.717, 1.165) is 12.8 Å². The monoisotopic (exact) mass is 682 g/mol. The van der Waals surface area contributed by atoms with Crippen molar-refractivity contribution in [1.29, 1.82) is 5.26 Å². The van der Waals surface area contributed by atoms with E-state index < -0.39 is 44.6 Å². The third kappa shape index (κ3) is 4.79. The number of nitrogens with zero attached hydrogens (tertiary/aromatic N) is 5. The van der Waals surface area contributed by atoms with Gasteiger partial charge in [0.05, 0.1) is 12.2 Å². The normalized spacial score (nSPS) is 19.6. The first-order valence-electron chi connectivity index (χ1n) is 13.4. The van der Waals surface area contributed by atoms with Gasteiger partial charge >= 0.3 is 11.9 Å². The number of aromatic nitrogens is 3. The van der Waals surface area contributed by atoms with Gasteiger partial charge in [-0.2, -0.15) is 10.4 Å². The molecule has 2 N–H and O–H groups in total. The Labute approximate surface area is 251 Å². The Hall–Kier alpha value is -4.32. The van der Waals surface area contributed by atoms with Gasteiger partial charge in [0.25, 0.3) is 11.7 Å². The molecule has 0 radical (unpaired) electrons. The van der Waals surface area contributed by atoms with Gasteiger partial charge in [0.2, 0.25) is 0 Å². The number of fused-ring (bicyclic) bond motifs is 5. The smallest absolute Gasteiger partial charge is 0.354 e. The Morgan fingerprint density at radius 3 is 2.52 bits per heavy atom.